The number of nitrogens with zero attached hydrogens (tertiary/aromatic N) is 4. The van der Waals surface area contributed by atoms with Gasteiger partial charge >= 0.3 is 0 Å². The van der Waals surface area contributed by atoms with Crippen molar-refractivity contribution in [3.05, 3.63) is 53.9 Å². The summed E-state index contributed by atoms with van der Waals surface area (Å²) in [6.07, 6.45) is 1.75. The predicted octanol–water partition coefficient (Wildman–Crippen LogP) is 4.00. The molecule has 6 nitrogen and oxygen atoms in total. The number of carbonyl (C=O) groups excluding carboxylic acids is 1. The third kappa shape index (κ3) is 4.16. The van der Waals surface area contributed by atoms with Crippen LogP contribution in [0.5, 0.6) is 0 Å². The average Bonchev–Trinajstić information content (AvgIpc) is 3.12. The lowest BCUT2D eigenvalue weighted by Gasteiger charge is -2.19. The van der Waals surface area contributed by atoms with Crippen molar-refractivity contribution in [2.45, 2.75) is 39.7 Å². The molecule has 0 saturated heterocycles. The molecule has 2 aromatic heterocycles. The number of para-hydroxylation sites is 1. The van der Waals surface area contributed by atoms with E-state index in [4.69, 9.17) is 4.98 Å². The molecule has 28 heavy (non-hydrogen) atoms. The lowest BCUT2D eigenvalue weighted by molar-refractivity contribution is 0.0956. The van der Waals surface area contributed by atoms with E-state index in [1.165, 1.54) is 0 Å². The van der Waals surface area contributed by atoms with Gasteiger partial charge in [-0.2, -0.15) is 5.10 Å². The number of fused-ring (bicyclic) bond motifs is 1. The van der Waals surface area contributed by atoms with Crippen molar-refractivity contribution < 1.29 is 4.79 Å². The number of rotatable bonds is 7. The molecular formula is C22H29N5O. The van der Waals surface area contributed by atoms with Gasteiger partial charge in [-0.25, -0.2) is 9.67 Å². The zero-order valence-electron chi connectivity index (χ0n) is 17.3. The highest BCUT2D eigenvalue weighted by atomic mass is 16.1. The maximum atomic E-state index is 12.9. The summed E-state index contributed by atoms with van der Waals surface area (Å²) in [6.45, 7) is 9.59. The first kappa shape index (κ1) is 19.9. The highest BCUT2D eigenvalue weighted by molar-refractivity contribution is 6.05. The Morgan fingerprint density at radius 1 is 1.18 bits per heavy atom. The van der Waals surface area contributed by atoms with Gasteiger partial charge in [0.1, 0.15) is 0 Å². The highest BCUT2D eigenvalue weighted by Gasteiger charge is 2.18. The van der Waals surface area contributed by atoms with Crippen molar-refractivity contribution in [2.75, 3.05) is 25.0 Å². The highest BCUT2D eigenvalue weighted by Crippen LogP contribution is 2.24. The first-order chi connectivity index (χ1) is 13.4. The smallest absolute Gasteiger partial charge is 0.252 e. The van der Waals surface area contributed by atoms with Crippen LogP contribution in [0.3, 0.4) is 0 Å². The second kappa shape index (κ2) is 8.42. The number of benzene rings is 1. The maximum absolute atomic E-state index is 12.9. The van der Waals surface area contributed by atoms with E-state index in [2.05, 4.69) is 55.1 Å². The molecule has 148 valence electrons. The molecule has 2 heterocycles. The van der Waals surface area contributed by atoms with Crippen molar-refractivity contribution in [3.63, 3.8) is 0 Å². The van der Waals surface area contributed by atoms with Crippen LogP contribution in [0.15, 0.2) is 42.6 Å². The number of carbonyl (C=O) groups is 1. The van der Waals surface area contributed by atoms with E-state index in [0.717, 1.165) is 29.0 Å². The van der Waals surface area contributed by atoms with E-state index < -0.39 is 0 Å². The molecule has 0 unspecified atom stereocenters. The van der Waals surface area contributed by atoms with Gasteiger partial charge in [0.2, 0.25) is 0 Å². The van der Waals surface area contributed by atoms with Crippen LogP contribution in [0.2, 0.25) is 0 Å². The molecule has 1 amide bonds. The number of hydrogen-bond donors (Lipinski definition) is 1. The SMILES string of the molecule is CC(C)c1cc(C(=O)NCCN(C)c2ccccc2)c2cnn(C(C)C)c2n1. The Balaban J connectivity index is 1.79. The average molecular weight is 380 g/mol. The number of nitrogens with one attached hydrogen (secondary N) is 1. The monoisotopic (exact) mass is 379 g/mol. The molecule has 0 radical (unpaired) electrons. The molecule has 0 aliphatic heterocycles. The zero-order valence-corrected chi connectivity index (χ0v) is 17.3. The van der Waals surface area contributed by atoms with Crippen LogP contribution in [-0.4, -0.2) is 40.8 Å². The van der Waals surface area contributed by atoms with E-state index >= 15 is 0 Å². The molecule has 3 rings (SSSR count). The Kier molecular flexibility index (Phi) is 5.97. The third-order valence-electron chi connectivity index (χ3n) is 4.84. The number of hydrogen-bond acceptors (Lipinski definition) is 4. The molecule has 0 spiro atoms. The predicted molar refractivity (Wildman–Crippen MR) is 114 cm³/mol. The fraction of sp³-hybridized carbons (Fsp3) is 0.409. The van der Waals surface area contributed by atoms with E-state index in [1.54, 1.807) is 6.20 Å². The van der Waals surface area contributed by atoms with E-state index in [1.807, 2.05) is 36.0 Å². The number of pyridine rings is 1. The molecular weight excluding hydrogens is 350 g/mol. The summed E-state index contributed by atoms with van der Waals surface area (Å²) in [5.74, 6) is 0.148. The normalized spacial score (nSPS) is 11.4. The Bertz CT molecular complexity index is 946. The minimum absolute atomic E-state index is 0.0842. The molecule has 0 aliphatic rings. The molecule has 0 saturated carbocycles. The van der Waals surface area contributed by atoms with Gasteiger partial charge < -0.3 is 10.2 Å². The second-order valence-electron chi connectivity index (χ2n) is 7.68. The number of amides is 1. The Morgan fingerprint density at radius 3 is 2.54 bits per heavy atom. The molecule has 3 aromatic rings. The summed E-state index contributed by atoms with van der Waals surface area (Å²) >= 11 is 0. The summed E-state index contributed by atoms with van der Waals surface area (Å²) in [5, 5.41) is 8.30. The van der Waals surface area contributed by atoms with E-state index in [0.29, 0.717) is 12.1 Å². The molecule has 0 fully saturated rings. The van der Waals surface area contributed by atoms with Crippen molar-refractivity contribution in [1.82, 2.24) is 20.1 Å². The van der Waals surface area contributed by atoms with Crippen LogP contribution in [-0.2, 0) is 0 Å². The maximum Gasteiger partial charge on any atom is 0.252 e. The molecule has 0 bridgehead atoms. The first-order valence-corrected chi connectivity index (χ1v) is 9.81. The van der Waals surface area contributed by atoms with Gasteiger partial charge in [0.05, 0.1) is 17.1 Å². The van der Waals surface area contributed by atoms with Crippen LogP contribution in [0, 0.1) is 0 Å². The van der Waals surface area contributed by atoms with Crippen molar-refractivity contribution in [2.24, 2.45) is 0 Å². The van der Waals surface area contributed by atoms with Gasteiger partial charge in [0.25, 0.3) is 5.91 Å². The van der Waals surface area contributed by atoms with Crippen molar-refractivity contribution in [1.29, 1.82) is 0 Å². The van der Waals surface area contributed by atoms with Crippen molar-refractivity contribution in [3.8, 4) is 0 Å². The standard InChI is InChI=1S/C22H29N5O/c1-15(2)20-13-18(19-14-24-27(16(3)4)21(19)25-20)22(28)23-11-12-26(5)17-9-7-6-8-10-17/h6-10,13-16H,11-12H2,1-5H3,(H,23,28). The quantitative estimate of drug-likeness (QED) is 0.674. The summed E-state index contributed by atoms with van der Waals surface area (Å²) < 4.78 is 1.88. The van der Waals surface area contributed by atoms with E-state index in [9.17, 15) is 4.79 Å². The van der Waals surface area contributed by atoms with Gasteiger partial charge in [-0.15, -0.1) is 0 Å². The van der Waals surface area contributed by atoms with Crippen LogP contribution in [0.4, 0.5) is 5.69 Å². The molecule has 1 aromatic carbocycles. The van der Waals surface area contributed by atoms with Crippen molar-refractivity contribution >= 4 is 22.6 Å². The number of aromatic nitrogens is 3. The lowest BCUT2D eigenvalue weighted by atomic mass is 10.0. The van der Waals surface area contributed by atoms with Gasteiger partial charge in [0.15, 0.2) is 5.65 Å². The van der Waals surface area contributed by atoms with Gasteiger partial charge in [0, 0.05) is 37.6 Å². The van der Waals surface area contributed by atoms with Gasteiger partial charge in [-0.05, 0) is 38.0 Å². The zero-order chi connectivity index (χ0) is 20.3. The Morgan fingerprint density at radius 2 is 1.89 bits per heavy atom. The van der Waals surface area contributed by atoms with Crippen LogP contribution in [0.25, 0.3) is 11.0 Å². The topological polar surface area (TPSA) is 63.1 Å². The van der Waals surface area contributed by atoms with E-state index in [-0.39, 0.29) is 17.9 Å². The van der Waals surface area contributed by atoms with Crippen LogP contribution < -0.4 is 10.2 Å². The van der Waals surface area contributed by atoms with Crippen LogP contribution >= 0.6 is 0 Å². The third-order valence-corrected chi connectivity index (χ3v) is 4.84. The fourth-order valence-corrected chi connectivity index (χ4v) is 3.14. The lowest BCUT2D eigenvalue weighted by Crippen LogP contribution is -2.33. The minimum atomic E-state index is -0.0842. The first-order valence-electron chi connectivity index (χ1n) is 9.81. The summed E-state index contributed by atoms with van der Waals surface area (Å²) in [5.41, 5.74) is 3.44. The summed E-state index contributed by atoms with van der Waals surface area (Å²) in [7, 11) is 2.02. The van der Waals surface area contributed by atoms with Gasteiger partial charge in [-0.1, -0.05) is 32.0 Å². The minimum Gasteiger partial charge on any atom is -0.373 e. The molecule has 0 aliphatic carbocycles. The fourth-order valence-electron chi connectivity index (χ4n) is 3.14. The molecule has 6 heteroatoms. The Labute approximate surface area is 166 Å². The number of likely N-dealkylation sites (N-methyl/N-ethyl adjacent to an activating group) is 1. The molecule has 1 N–H and O–H groups in total. The Hall–Kier alpha value is -2.89. The summed E-state index contributed by atoms with van der Waals surface area (Å²) in [6, 6.07) is 12.2. The van der Waals surface area contributed by atoms with Gasteiger partial charge in [-0.3, -0.25) is 4.79 Å². The second-order valence-corrected chi connectivity index (χ2v) is 7.68. The largest absolute Gasteiger partial charge is 0.373 e. The van der Waals surface area contributed by atoms with Crippen LogP contribution in [0.1, 0.15) is 55.7 Å². The number of anilines is 1. The molecule has 0 atom stereocenters. The summed E-state index contributed by atoms with van der Waals surface area (Å²) in [4.78, 5) is 19.8.